The molecule has 1 aromatic carbocycles. The first-order valence-electron chi connectivity index (χ1n) is 5.97. The summed E-state index contributed by atoms with van der Waals surface area (Å²) >= 11 is 3.41. The fourth-order valence-electron chi connectivity index (χ4n) is 1.68. The molecule has 5 heteroatoms. The van der Waals surface area contributed by atoms with E-state index in [4.69, 9.17) is 0 Å². The first-order chi connectivity index (χ1) is 8.46. The maximum absolute atomic E-state index is 12.8. The first-order valence-corrected chi connectivity index (χ1v) is 8.92. The smallest absolute Gasteiger partial charge is 0.150 e. The van der Waals surface area contributed by atoms with E-state index in [2.05, 4.69) is 15.9 Å². The van der Waals surface area contributed by atoms with E-state index in [1.54, 1.807) is 19.1 Å². The van der Waals surface area contributed by atoms with Crippen LogP contribution in [-0.4, -0.2) is 25.3 Å². The molecule has 2 nitrogen and oxygen atoms in total. The second-order valence-electron chi connectivity index (χ2n) is 4.38. The van der Waals surface area contributed by atoms with Crippen LogP contribution in [0.1, 0.15) is 18.9 Å². The van der Waals surface area contributed by atoms with Crippen molar-refractivity contribution in [1.29, 1.82) is 0 Å². The van der Waals surface area contributed by atoms with Gasteiger partial charge in [0, 0.05) is 11.1 Å². The minimum atomic E-state index is -2.90. The minimum absolute atomic E-state index is 0.193. The van der Waals surface area contributed by atoms with Crippen LogP contribution < -0.4 is 0 Å². The third-order valence-corrected chi connectivity index (χ3v) is 5.59. The molecule has 0 saturated carbocycles. The lowest BCUT2D eigenvalue weighted by Gasteiger charge is -2.13. The van der Waals surface area contributed by atoms with Crippen molar-refractivity contribution in [3.8, 4) is 0 Å². The Bertz CT molecular complexity index is 456. The Morgan fingerprint density at radius 2 is 1.89 bits per heavy atom. The van der Waals surface area contributed by atoms with Gasteiger partial charge in [-0.3, -0.25) is 0 Å². The van der Waals surface area contributed by atoms with Crippen molar-refractivity contribution in [2.24, 2.45) is 5.92 Å². The van der Waals surface area contributed by atoms with E-state index in [1.165, 1.54) is 12.1 Å². The molecular weight excluding hydrogens is 319 g/mol. The van der Waals surface area contributed by atoms with Crippen LogP contribution in [0.15, 0.2) is 24.3 Å². The monoisotopic (exact) mass is 336 g/mol. The molecule has 0 aliphatic carbocycles. The van der Waals surface area contributed by atoms with E-state index in [9.17, 15) is 12.8 Å². The van der Waals surface area contributed by atoms with Gasteiger partial charge in [-0.05, 0) is 36.5 Å². The largest absolute Gasteiger partial charge is 0.229 e. The van der Waals surface area contributed by atoms with Gasteiger partial charge in [-0.2, -0.15) is 0 Å². The quantitative estimate of drug-likeness (QED) is 0.716. The van der Waals surface area contributed by atoms with Crippen molar-refractivity contribution in [2.45, 2.75) is 19.8 Å². The predicted octanol–water partition coefficient (Wildman–Crippen LogP) is 3.20. The molecule has 0 aliphatic heterocycles. The van der Waals surface area contributed by atoms with Crippen LogP contribution in [-0.2, 0) is 16.3 Å². The topological polar surface area (TPSA) is 34.1 Å². The molecule has 0 saturated heterocycles. The summed E-state index contributed by atoms with van der Waals surface area (Å²) in [4.78, 5) is 0. The number of sulfone groups is 1. The average molecular weight is 337 g/mol. The van der Waals surface area contributed by atoms with Gasteiger partial charge >= 0.3 is 0 Å². The van der Waals surface area contributed by atoms with E-state index in [1.807, 2.05) is 0 Å². The van der Waals surface area contributed by atoms with E-state index in [0.717, 1.165) is 17.3 Å². The van der Waals surface area contributed by atoms with Crippen LogP contribution >= 0.6 is 15.9 Å². The highest BCUT2D eigenvalue weighted by atomic mass is 79.9. The zero-order valence-corrected chi connectivity index (χ0v) is 12.8. The molecule has 18 heavy (non-hydrogen) atoms. The van der Waals surface area contributed by atoms with Crippen molar-refractivity contribution in [3.63, 3.8) is 0 Å². The van der Waals surface area contributed by atoms with Crippen molar-refractivity contribution in [3.05, 3.63) is 35.6 Å². The fraction of sp³-hybridized carbons (Fsp3) is 0.538. The zero-order valence-electron chi connectivity index (χ0n) is 10.4. The molecule has 0 heterocycles. The zero-order chi connectivity index (χ0) is 13.6. The van der Waals surface area contributed by atoms with Gasteiger partial charge in [-0.25, -0.2) is 12.8 Å². The molecule has 1 unspecified atom stereocenters. The molecule has 0 radical (unpaired) electrons. The van der Waals surface area contributed by atoms with Crippen molar-refractivity contribution in [2.75, 3.05) is 16.8 Å². The van der Waals surface area contributed by atoms with E-state index in [0.29, 0.717) is 6.42 Å². The third-order valence-electron chi connectivity index (χ3n) is 2.93. The molecular formula is C13H18BrFO2S. The summed E-state index contributed by atoms with van der Waals surface area (Å²) in [7, 11) is -2.90. The summed E-state index contributed by atoms with van der Waals surface area (Å²) in [6.07, 6.45) is 1.41. The van der Waals surface area contributed by atoms with Crippen LogP contribution in [0.25, 0.3) is 0 Å². The van der Waals surface area contributed by atoms with Crippen molar-refractivity contribution < 1.29 is 12.8 Å². The second-order valence-corrected chi connectivity index (χ2v) is 7.50. The molecule has 0 amide bonds. The molecule has 1 atom stereocenters. The maximum Gasteiger partial charge on any atom is 0.150 e. The standard InChI is InChI=1S/C13H18BrFO2S/c1-2-18(16,17)8-7-12(10-14)9-11-3-5-13(15)6-4-11/h3-6,12H,2,7-10H2,1H3. The van der Waals surface area contributed by atoms with Gasteiger partial charge in [0.1, 0.15) is 15.7 Å². The normalized spacial score (nSPS) is 13.5. The molecule has 0 fully saturated rings. The summed E-state index contributed by atoms with van der Waals surface area (Å²) in [6.45, 7) is 1.67. The summed E-state index contributed by atoms with van der Waals surface area (Å²) < 4.78 is 35.7. The Kier molecular flexibility index (Phi) is 6.29. The van der Waals surface area contributed by atoms with Gasteiger partial charge in [-0.15, -0.1) is 0 Å². The summed E-state index contributed by atoms with van der Waals surface area (Å²) in [6, 6.07) is 6.37. The Labute approximate surface area is 117 Å². The third kappa shape index (κ3) is 5.48. The number of hydrogen-bond acceptors (Lipinski definition) is 2. The molecule has 0 spiro atoms. The van der Waals surface area contributed by atoms with Gasteiger partial charge in [-0.1, -0.05) is 35.0 Å². The molecule has 0 aromatic heterocycles. The van der Waals surface area contributed by atoms with Crippen LogP contribution in [0.2, 0.25) is 0 Å². The minimum Gasteiger partial charge on any atom is -0.229 e. The molecule has 0 N–H and O–H groups in total. The van der Waals surface area contributed by atoms with Crippen LogP contribution in [0.4, 0.5) is 4.39 Å². The van der Waals surface area contributed by atoms with Gasteiger partial charge in [0.2, 0.25) is 0 Å². The molecule has 0 bridgehead atoms. The maximum atomic E-state index is 12.8. The SMILES string of the molecule is CCS(=O)(=O)CCC(CBr)Cc1ccc(F)cc1. The highest BCUT2D eigenvalue weighted by Gasteiger charge is 2.14. The highest BCUT2D eigenvalue weighted by molar-refractivity contribution is 9.09. The van der Waals surface area contributed by atoms with Gasteiger partial charge in [0.05, 0.1) is 5.75 Å². The number of alkyl halides is 1. The van der Waals surface area contributed by atoms with Crippen molar-refractivity contribution in [1.82, 2.24) is 0 Å². The molecule has 1 rings (SSSR count). The lowest BCUT2D eigenvalue weighted by atomic mass is 9.99. The van der Waals surface area contributed by atoms with Crippen LogP contribution in [0.5, 0.6) is 0 Å². The Morgan fingerprint density at radius 3 is 2.39 bits per heavy atom. The first kappa shape index (κ1) is 15.6. The Hall–Kier alpha value is -0.420. The van der Waals surface area contributed by atoms with Gasteiger partial charge in [0.15, 0.2) is 0 Å². The van der Waals surface area contributed by atoms with Gasteiger partial charge in [0.25, 0.3) is 0 Å². The number of benzene rings is 1. The average Bonchev–Trinajstić information content (AvgIpc) is 2.37. The van der Waals surface area contributed by atoms with Crippen LogP contribution in [0.3, 0.4) is 0 Å². The van der Waals surface area contributed by atoms with Gasteiger partial charge < -0.3 is 0 Å². The summed E-state index contributed by atoms with van der Waals surface area (Å²) in [5.74, 6) is 0.430. The van der Waals surface area contributed by atoms with E-state index >= 15 is 0 Å². The molecule has 102 valence electrons. The summed E-state index contributed by atoms with van der Waals surface area (Å²) in [5, 5.41) is 0.754. The highest BCUT2D eigenvalue weighted by Crippen LogP contribution is 2.16. The number of rotatable bonds is 7. The predicted molar refractivity (Wildman–Crippen MR) is 76.3 cm³/mol. The number of halogens is 2. The Balaban J connectivity index is 2.54. The molecule has 1 aromatic rings. The van der Waals surface area contributed by atoms with Crippen LogP contribution in [0, 0.1) is 11.7 Å². The molecule has 0 aliphatic rings. The van der Waals surface area contributed by atoms with E-state index in [-0.39, 0.29) is 23.2 Å². The van der Waals surface area contributed by atoms with Crippen molar-refractivity contribution >= 4 is 25.8 Å². The second kappa shape index (κ2) is 7.24. The lowest BCUT2D eigenvalue weighted by molar-refractivity contribution is 0.552. The van der Waals surface area contributed by atoms with E-state index < -0.39 is 9.84 Å². The fourth-order valence-corrected chi connectivity index (χ4v) is 3.21. The summed E-state index contributed by atoms with van der Waals surface area (Å²) in [5.41, 5.74) is 1.04. The Morgan fingerprint density at radius 1 is 1.28 bits per heavy atom. The lowest BCUT2D eigenvalue weighted by Crippen LogP contribution is -2.15. The number of hydrogen-bond donors (Lipinski definition) is 0.